The van der Waals surface area contributed by atoms with Gasteiger partial charge in [0.25, 0.3) is 10.0 Å². The first-order chi connectivity index (χ1) is 11.0. The Hall–Kier alpha value is -0.250. The molecule has 0 spiro atoms. The number of hydrogen-bond acceptors (Lipinski definition) is 4. The van der Waals surface area contributed by atoms with E-state index in [0.717, 1.165) is 27.9 Å². The summed E-state index contributed by atoms with van der Waals surface area (Å²) in [4.78, 5) is 2.29. The number of nitrogens with zero attached hydrogens (tertiary/aromatic N) is 2. The zero-order valence-electron chi connectivity index (χ0n) is 12.3. The van der Waals surface area contributed by atoms with Crippen molar-refractivity contribution in [2.45, 2.75) is 10.8 Å². The molecule has 0 amide bonds. The van der Waals surface area contributed by atoms with Gasteiger partial charge in [0.1, 0.15) is 4.21 Å². The predicted molar refractivity (Wildman–Crippen MR) is 100 cm³/mol. The first-order valence-electron chi connectivity index (χ1n) is 7.18. The Bertz CT molecular complexity index is 751. The van der Waals surface area contributed by atoms with Gasteiger partial charge in [0.05, 0.1) is 3.79 Å². The predicted octanol–water partition coefficient (Wildman–Crippen LogP) is 3.78. The van der Waals surface area contributed by atoms with Crippen molar-refractivity contribution in [2.75, 3.05) is 26.2 Å². The molecule has 1 saturated heterocycles. The average molecular weight is 480 g/mol. The highest BCUT2D eigenvalue weighted by Crippen LogP contribution is 2.36. The van der Waals surface area contributed by atoms with Crippen LogP contribution in [0.1, 0.15) is 5.56 Å². The minimum Gasteiger partial charge on any atom is -0.296 e. The van der Waals surface area contributed by atoms with Gasteiger partial charge in [-0.3, -0.25) is 4.90 Å². The van der Waals surface area contributed by atoms with E-state index in [1.54, 1.807) is 10.4 Å². The summed E-state index contributed by atoms with van der Waals surface area (Å²) in [5.41, 5.74) is 1.26. The summed E-state index contributed by atoms with van der Waals surface area (Å²) in [6.07, 6.45) is 0. The Morgan fingerprint density at radius 1 is 1.04 bits per heavy atom. The summed E-state index contributed by atoms with van der Waals surface area (Å²) in [6.45, 7) is 3.43. The van der Waals surface area contributed by atoms with E-state index in [-0.39, 0.29) is 0 Å². The molecular formula is C15H16Br2N2O2S2. The van der Waals surface area contributed by atoms with Gasteiger partial charge in [-0.05, 0) is 43.5 Å². The third kappa shape index (κ3) is 4.05. The van der Waals surface area contributed by atoms with Crippen molar-refractivity contribution >= 4 is 53.2 Å². The maximum absolute atomic E-state index is 12.7. The van der Waals surface area contributed by atoms with Crippen molar-refractivity contribution in [3.63, 3.8) is 0 Å². The normalized spacial score (nSPS) is 17.5. The van der Waals surface area contributed by atoms with Gasteiger partial charge in [-0.25, -0.2) is 8.42 Å². The maximum atomic E-state index is 12.7. The van der Waals surface area contributed by atoms with Gasteiger partial charge in [0, 0.05) is 37.2 Å². The minimum atomic E-state index is -3.39. The first-order valence-corrected chi connectivity index (χ1v) is 11.0. The van der Waals surface area contributed by atoms with Crippen molar-refractivity contribution < 1.29 is 8.42 Å². The number of rotatable bonds is 4. The molecule has 23 heavy (non-hydrogen) atoms. The van der Waals surface area contributed by atoms with Crippen LogP contribution >= 0.6 is 43.2 Å². The van der Waals surface area contributed by atoms with Gasteiger partial charge < -0.3 is 0 Å². The minimum absolute atomic E-state index is 0.382. The van der Waals surface area contributed by atoms with Crippen LogP contribution in [0.25, 0.3) is 0 Å². The molecule has 1 aliphatic heterocycles. The van der Waals surface area contributed by atoms with Crippen molar-refractivity contribution in [3.8, 4) is 0 Å². The molecule has 2 aromatic rings. The van der Waals surface area contributed by atoms with E-state index >= 15 is 0 Å². The highest BCUT2D eigenvalue weighted by atomic mass is 79.9. The second-order valence-corrected chi connectivity index (χ2v) is 10.7. The lowest BCUT2D eigenvalue weighted by molar-refractivity contribution is 0.182. The molecule has 124 valence electrons. The van der Waals surface area contributed by atoms with E-state index in [4.69, 9.17) is 0 Å². The lowest BCUT2D eigenvalue weighted by atomic mass is 10.2. The van der Waals surface area contributed by atoms with Crippen molar-refractivity contribution in [3.05, 3.63) is 50.2 Å². The summed E-state index contributed by atoms with van der Waals surface area (Å²) in [7, 11) is -3.39. The molecular weight excluding hydrogens is 464 g/mol. The summed E-state index contributed by atoms with van der Waals surface area (Å²) in [5.74, 6) is 0. The van der Waals surface area contributed by atoms with E-state index in [9.17, 15) is 8.42 Å². The first kappa shape index (κ1) is 17.6. The zero-order valence-corrected chi connectivity index (χ0v) is 17.1. The molecule has 0 atom stereocenters. The molecule has 0 aliphatic carbocycles. The molecule has 3 rings (SSSR count). The maximum Gasteiger partial charge on any atom is 0.252 e. The van der Waals surface area contributed by atoms with Crippen molar-refractivity contribution in [1.82, 2.24) is 9.21 Å². The molecule has 4 nitrogen and oxygen atoms in total. The fourth-order valence-corrected chi connectivity index (χ4v) is 6.95. The van der Waals surface area contributed by atoms with Crippen LogP contribution in [0.15, 0.2) is 48.9 Å². The number of thiophene rings is 1. The quantitative estimate of drug-likeness (QED) is 0.669. The number of hydrogen-bond donors (Lipinski definition) is 0. The summed E-state index contributed by atoms with van der Waals surface area (Å²) < 4.78 is 28.9. The molecule has 0 N–H and O–H groups in total. The molecule has 0 radical (unpaired) electrons. The van der Waals surface area contributed by atoms with E-state index in [0.29, 0.717) is 17.3 Å². The van der Waals surface area contributed by atoms with Gasteiger partial charge in [-0.15, -0.1) is 11.3 Å². The summed E-state index contributed by atoms with van der Waals surface area (Å²) in [6, 6.07) is 11.9. The Morgan fingerprint density at radius 2 is 1.70 bits per heavy atom. The third-order valence-corrected chi connectivity index (χ3v) is 9.40. The van der Waals surface area contributed by atoms with Crippen molar-refractivity contribution in [1.29, 1.82) is 0 Å². The second-order valence-electron chi connectivity index (χ2n) is 5.35. The molecule has 1 aromatic carbocycles. The molecule has 1 aromatic heterocycles. The van der Waals surface area contributed by atoms with Crippen LogP contribution in [0.2, 0.25) is 0 Å². The highest BCUT2D eigenvalue weighted by Gasteiger charge is 2.30. The topological polar surface area (TPSA) is 40.6 Å². The molecule has 1 fully saturated rings. The number of piperazine rings is 1. The van der Waals surface area contributed by atoms with E-state index in [1.807, 2.05) is 18.2 Å². The number of benzene rings is 1. The molecule has 8 heteroatoms. The van der Waals surface area contributed by atoms with E-state index in [1.165, 1.54) is 16.9 Å². The summed E-state index contributed by atoms with van der Waals surface area (Å²) in [5, 5.41) is 0. The molecule has 1 aliphatic rings. The van der Waals surface area contributed by atoms with Gasteiger partial charge in [-0.2, -0.15) is 4.31 Å². The lowest BCUT2D eigenvalue weighted by Gasteiger charge is -2.33. The Labute approximate surface area is 157 Å². The fourth-order valence-electron chi connectivity index (χ4n) is 2.55. The molecule has 0 unspecified atom stereocenters. The molecule has 0 saturated carbocycles. The Kier molecular flexibility index (Phi) is 5.60. The van der Waals surface area contributed by atoms with Crippen LogP contribution in [0.5, 0.6) is 0 Å². The standard InChI is InChI=1S/C15H16Br2N2O2S2/c16-13-10-14(22-15(13)17)23(20,21)19-8-6-18(7-9-19)11-12-4-2-1-3-5-12/h1-5,10H,6-9,11H2. The lowest BCUT2D eigenvalue weighted by Crippen LogP contribution is -2.48. The van der Waals surface area contributed by atoms with Crippen LogP contribution in [0, 0.1) is 0 Å². The van der Waals surface area contributed by atoms with Crippen LogP contribution in [0.4, 0.5) is 0 Å². The monoisotopic (exact) mass is 478 g/mol. The number of sulfonamides is 1. The van der Waals surface area contributed by atoms with Crippen LogP contribution in [0.3, 0.4) is 0 Å². The van der Waals surface area contributed by atoms with Gasteiger partial charge in [0.2, 0.25) is 0 Å². The molecule has 0 bridgehead atoms. The fraction of sp³-hybridized carbons (Fsp3) is 0.333. The van der Waals surface area contributed by atoms with Gasteiger partial charge >= 0.3 is 0 Å². The smallest absolute Gasteiger partial charge is 0.252 e. The Morgan fingerprint density at radius 3 is 2.26 bits per heavy atom. The summed E-state index contributed by atoms with van der Waals surface area (Å²) >= 11 is 7.96. The van der Waals surface area contributed by atoms with E-state index < -0.39 is 10.0 Å². The Balaban J connectivity index is 1.64. The van der Waals surface area contributed by atoms with Crippen LogP contribution in [-0.4, -0.2) is 43.8 Å². The number of halogens is 2. The van der Waals surface area contributed by atoms with Crippen LogP contribution in [-0.2, 0) is 16.6 Å². The average Bonchev–Trinajstić information content (AvgIpc) is 2.89. The SMILES string of the molecule is O=S(=O)(c1cc(Br)c(Br)s1)N1CCN(Cc2ccccc2)CC1. The largest absolute Gasteiger partial charge is 0.296 e. The van der Waals surface area contributed by atoms with Gasteiger partial charge in [-0.1, -0.05) is 30.3 Å². The van der Waals surface area contributed by atoms with E-state index in [2.05, 4.69) is 48.9 Å². The third-order valence-electron chi connectivity index (χ3n) is 3.80. The highest BCUT2D eigenvalue weighted by molar-refractivity contribution is 9.13. The second kappa shape index (κ2) is 7.33. The van der Waals surface area contributed by atoms with Crippen LogP contribution < -0.4 is 0 Å². The van der Waals surface area contributed by atoms with Gasteiger partial charge in [0.15, 0.2) is 0 Å². The zero-order chi connectivity index (χ0) is 16.4. The van der Waals surface area contributed by atoms with Crippen molar-refractivity contribution in [2.24, 2.45) is 0 Å². The molecule has 2 heterocycles.